The lowest BCUT2D eigenvalue weighted by molar-refractivity contribution is -0.152. The van der Waals surface area contributed by atoms with Crippen LogP contribution in [0.2, 0.25) is 0 Å². The summed E-state index contributed by atoms with van der Waals surface area (Å²) in [5, 5.41) is 32.5. The van der Waals surface area contributed by atoms with E-state index in [-0.39, 0.29) is 119 Å². The van der Waals surface area contributed by atoms with E-state index in [2.05, 4.69) is 21.3 Å². The van der Waals surface area contributed by atoms with Gasteiger partial charge in [-0.3, -0.25) is 57.5 Å². The van der Waals surface area contributed by atoms with Gasteiger partial charge in [-0.25, -0.2) is 0 Å². The van der Waals surface area contributed by atoms with Crippen molar-refractivity contribution in [1.29, 1.82) is 0 Å². The van der Waals surface area contributed by atoms with Crippen molar-refractivity contribution >= 4 is 82.5 Å². The standard InChI is InChI=1S/C75H133ClN12O15/c1-21-50(12)64-74(101)87(20)61(41-52-27-25-28-54(76)40-52)73(100)84(17)56(35-45(2)3)66(93)77-43-53(44-103-34-33-89)70(97)83(16)59(38-48(8)9)69(96)80-65(51(13)90)75(102)86(19)60(39-49(10)11)72(99)85(18)58(37-47(6)7)67(94)78-55(71(98)88-31-23-22-24-32-88)42-63(92)81(14)30-26-29-62(91)82(15)57(36-46(4)5)68(95)79-64/h45-61,64-65,89-90H,21-44H2,1-20H3,(H,77,93)(H,78,94)(H,79,95)(H,80,96)/t50-,51+,52?,53-,54?,55-,56-,57-,58-,59-,60-,61-,64-,65-/m0/s1. The minimum absolute atomic E-state index is 0.0461. The van der Waals surface area contributed by atoms with Gasteiger partial charge in [0.2, 0.25) is 70.9 Å². The first-order valence-electron chi connectivity index (χ1n) is 38.0. The van der Waals surface area contributed by atoms with Crippen LogP contribution in [0, 0.1) is 47.3 Å². The van der Waals surface area contributed by atoms with Crippen LogP contribution in [0.3, 0.4) is 0 Å². The molecule has 2 saturated heterocycles. The maximum Gasteiger partial charge on any atom is 0.248 e. The first kappa shape index (κ1) is 91.0. The topological polar surface area (TPSA) is 329 Å². The number of hydrogen-bond donors (Lipinski definition) is 6. The molecular weight excluding hydrogens is 1340 g/mol. The Kier molecular flexibility index (Phi) is 38.9. The Bertz CT molecular complexity index is 2790. The SMILES string of the molecule is CC[C@H](C)[C@@H]1NC(=O)[C@H](CC(C)C)N(C)C(=O)CCCN(C)C(=O)C[C@@H](C(=O)N2CCCCC2)NC(=O)[C@H](CC(C)C)N(C)C(=O)[C@H](CC(C)C)N(C)C(=O)[C@H]([C@@H](C)O)NC(=O)[C@H](CC(C)C)N(C)C(=O)[C@H](COCCO)CNC(=O)[C@H](CC(C)C)N(C)C(=O)[C@H](CC2CCCC(Cl)C2)N(C)C1=O. The van der Waals surface area contributed by atoms with E-state index in [1.807, 2.05) is 83.1 Å². The molecule has 1 saturated carbocycles. The Balaban J connectivity index is 2.35. The molecule has 3 aliphatic rings. The smallest absolute Gasteiger partial charge is 0.248 e. The monoisotopic (exact) mass is 1480 g/mol. The number of nitrogens with one attached hydrogen (secondary N) is 4. The van der Waals surface area contributed by atoms with E-state index in [9.17, 15) is 48.6 Å². The summed E-state index contributed by atoms with van der Waals surface area (Å²) in [7, 11) is 10.3. The number of carbonyl (C=O) groups excluding carboxylic acids is 12. The third-order valence-electron chi connectivity index (χ3n) is 20.7. The number of hydrogen-bond acceptors (Lipinski definition) is 15. The lowest BCUT2D eigenvalue weighted by Crippen LogP contribution is -2.62. The molecule has 3 rings (SSSR count). The number of likely N-dealkylation sites (N-methyl/N-ethyl adjacent to an activating group) is 6. The van der Waals surface area contributed by atoms with Crippen LogP contribution in [0.15, 0.2) is 0 Å². The van der Waals surface area contributed by atoms with Crippen LogP contribution >= 0.6 is 11.6 Å². The summed E-state index contributed by atoms with van der Waals surface area (Å²) < 4.78 is 5.76. The number of ether oxygens (including phenoxy) is 1. The van der Waals surface area contributed by atoms with Crippen molar-refractivity contribution in [1.82, 2.24) is 60.5 Å². The van der Waals surface area contributed by atoms with Gasteiger partial charge in [0.25, 0.3) is 0 Å². The minimum atomic E-state index is -1.68. The third kappa shape index (κ3) is 27.9. The highest BCUT2D eigenvalue weighted by Crippen LogP contribution is 2.33. The van der Waals surface area contributed by atoms with Crippen LogP contribution < -0.4 is 21.3 Å². The molecule has 590 valence electrons. The molecule has 0 radical (unpaired) electrons. The van der Waals surface area contributed by atoms with Gasteiger partial charge in [0.1, 0.15) is 54.4 Å². The lowest BCUT2D eigenvalue weighted by atomic mass is 9.83. The van der Waals surface area contributed by atoms with E-state index in [0.29, 0.717) is 38.8 Å². The molecule has 6 N–H and O–H groups in total. The van der Waals surface area contributed by atoms with E-state index >= 15 is 19.2 Å². The number of rotatable bonds is 20. The Morgan fingerprint density at radius 2 is 0.961 bits per heavy atom. The van der Waals surface area contributed by atoms with Crippen LogP contribution in [0.5, 0.6) is 0 Å². The zero-order valence-corrected chi connectivity index (χ0v) is 66.9. The number of piperidine rings is 1. The lowest BCUT2D eigenvalue weighted by Gasteiger charge is -2.39. The van der Waals surface area contributed by atoms with Crippen LogP contribution in [0.1, 0.15) is 199 Å². The van der Waals surface area contributed by atoms with Gasteiger partial charge in [-0.15, -0.1) is 11.6 Å². The molecule has 2 unspecified atom stereocenters. The normalized spacial score (nSPS) is 27.8. The highest BCUT2D eigenvalue weighted by Gasteiger charge is 2.45. The minimum Gasteiger partial charge on any atom is -0.394 e. The first-order chi connectivity index (χ1) is 48.2. The number of halogens is 1. The summed E-state index contributed by atoms with van der Waals surface area (Å²) >= 11 is 6.78. The molecular formula is C75H133ClN12O15. The molecule has 0 aromatic rings. The molecule has 0 aromatic heterocycles. The summed E-state index contributed by atoms with van der Waals surface area (Å²) in [6.07, 6.45) is 4.36. The molecule has 14 atom stereocenters. The zero-order valence-electron chi connectivity index (χ0n) is 66.1. The maximum atomic E-state index is 15.5. The van der Waals surface area contributed by atoms with Crippen LogP contribution in [0.4, 0.5) is 0 Å². The number of alkyl halides is 1. The molecule has 28 heteroatoms. The molecule has 0 aromatic carbocycles. The molecule has 1 aliphatic carbocycles. The van der Waals surface area contributed by atoms with E-state index in [1.165, 1.54) is 85.7 Å². The van der Waals surface area contributed by atoms with Crippen LogP contribution in [-0.4, -0.2) is 281 Å². The summed E-state index contributed by atoms with van der Waals surface area (Å²) in [5.41, 5.74) is 0. The molecule has 2 heterocycles. The van der Waals surface area contributed by atoms with Crippen molar-refractivity contribution in [2.45, 2.75) is 265 Å². The molecule has 0 bridgehead atoms. The summed E-state index contributed by atoms with van der Waals surface area (Å²) in [6.45, 7) is 23.2. The number of amides is 12. The van der Waals surface area contributed by atoms with Gasteiger partial charge in [0.05, 0.1) is 38.3 Å². The van der Waals surface area contributed by atoms with Gasteiger partial charge in [-0.2, -0.15) is 0 Å². The number of aliphatic hydroxyl groups is 2. The largest absolute Gasteiger partial charge is 0.394 e. The van der Waals surface area contributed by atoms with E-state index in [1.54, 1.807) is 4.90 Å². The number of likely N-dealkylation sites (tertiary alicyclic amines) is 1. The quantitative estimate of drug-likeness (QED) is 0.0714. The van der Waals surface area contributed by atoms with Gasteiger partial charge in [-0.1, -0.05) is 102 Å². The van der Waals surface area contributed by atoms with Crippen molar-refractivity contribution in [3.63, 3.8) is 0 Å². The van der Waals surface area contributed by atoms with Crippen molar-refractivity contribution < 1.29 is 72.5 Å². The highest BCUT2D eigenvalue weighted by molar-refractivity contribution is 6.20. The van der Waals surface area contributed by atoms with Crippen molar-refractivity contribution in [3.05, 3.63) is 0 Å². The Morgan fingerprint density at radius 1 is 0.515 bits per heavy atom. The molecule has 103 heavy (non-hydrogen) atoms. The fourth-order valence-corrected chi connectivity index (χ4v) is 14.5. The Morgan fingerprint density at radius 3 is 1.46 bits per heavy atom. The Hall–Kier alpha value is -6.19. The van der Waals surface area contributed by atoms with Gasteiger partial charge < -0.3 is 75.4 Å². The molecule has 12 amide bonds. The van der Waals surface area contributed by atoms with Crippen LogP contribution in [0.25, 0.3) is 0 Å². The zero-order chi connectivity index (χ0) is 78.0. The Labute approximate surface area is 620 Å². The van der Waals surface area contributed by atoms with Crippen LogP contribution in [-0.2, 0) is 62.3 Å². The molecule has 27 nitrogen and oxygen atoms in total. The predicted molar refractivity (Wildman–Crippen MR) is 396 cm³/mol. The van der Waals surface area contributed by atoms with Crippen molar-refractivity contribution in [3.8, 4) is 0 Å². The van der Waals surface area contributed by atoms with E-state index < -0.39 is 156 Å². The van der Waals surface area contributed by atoms with Crippen molar-refractivity contribution in [2.75, 3.05) is 95.3 Å². The molecule has 0 spiro atoms. The van der Waals surface area contributed by atoms with Gasteiger partial charge in [0.15, 0.2) is 0 Å². The second kappa shape index (κ2) is 44.1. The number of aliphatic hydroxyl groups excluding tert-OH is 2. The van der Waals surface area contributed by atoms with Gasteiger partial charge in [-0.05, 0) is 125 Å². The fraction of sp³-hybridized carbons (Fsp3) is 0.840. The second-order valence-corrected chi connectivity index (χ2v) is 32.4. The predicted octanol–water partition coefficient (Wildman–Crippen LogP) is 4.64. The average Bonchev–Trinajstić information content (AvgIpc) is 0.813. The van der Waals surface area contributed by atoms with Gasteiger partial charge >= 0.3 is 0 Å². The first-order valence-corrected chi connectivity index (χ1v) is 38.5. The summed E-state index contributed by atoms with van der Waals surface area (Å²) in [5.74, 6) is -10.2. The summed E-state index contributed by atoms with van der Waals surface area (Å²) in [4.78, 5) is 190. The highest BCUT2D eigenvalue weighted by atomic mass is 35.5. The second-order valence-electron chi connectivity index (χ2n) is 31.8. The van der Waals surface area contributed by atoms with Gasteiger partial charge in [0, 0.05) is 87.3 Å². The van der Waals surface area contributed by atoms with E-state index in [4.69, 9.17) is 16.3 Å². The summed E-state index contributed by atoms with van der Waals surface area (Å²) in [6, 6.07) is -11.4. The third-order valence-corrected chi connectivity index (χ3v) is 21.1. The van der Waals surface area contributed by atoms with Crippen molar-refractivity contribution in [2.24, 2.45) is 47.3 Å². The molecule has 2 aliphatic heterocycles. The fourth-order valence-electron chi connectivity index (χ4n) is 14.1. The molecule has 3 fully saturated rings. The number of nitrogens with zero attached hydrogens (tertiary/aromatic N) is 8. The number of carbonyl (C=O) groups is 12. The average molecular weight is 1480 g/mol. The maximum absolute atomic E-state index is 15.5. The van der Waals surface area contributed by atoms with E-state index in [0.717, 1.165) is 30.6 Å².